The molecule has 4 aromatic heterocycles. The van der Waals surface area contributed by atoms with Gasteiger partial charge in [-0.15, -0.1) is 0 Å². The summed E-state index contributed by atoms with van der Waals surface area (Å²) in [5.41, 5.74) is 2.28. The maximum Gasteiger partial charge on any atom is 0.451 e. The fourth-order valence-electron chi connectivity index (χ4n) is 6.04. The molecule has 4 aromatic rings. The van der Waals surface area contributed by atoms with Crippen LogP contribution in [0.3, 0.4) is 0 Å². The average molecular weight is 581 g/mol. The summed E-state index contributed by atoms with van der Waals surface area (Å²) in [4.78, 5) is 23.3. The van der Waals surface area contributed by atoms with Gasteiger partial charge in [0.15, 0.2) is 0 Å². The molecule has 1 saturated carbocycles. The van der Waals surface area contributed by atoms with E-state index < -0.39 is 17.5 Å². The zero-order chi connectivity index (χ0) is 29.5. The molecule has 2 fully saturated rings. The predicted octanol–water partition coefficient (Wildman–Crippen LogP) is 4.01. The van der Waals surface area contributed by atoms with Crippen molar-refractivity contribution in [3.63, 3.8) is 0 Å². The predicted molar refractivity (Wildman–Crippen MR) is 146 cm³/mol. The molecule has 6 rings (SSSR count). The fraction of sp³-hybridized carbons (Fsp3) is 0.500. The van der Waals surface area contributed by atoms with Gasteiger partial charge in [0.05, 0.1) is 35.6 Å². The van der Waals surface area contributed by atoms with Crippen molar-refractivity contribution >= 4 is 11.0 Å². The number of halogens is 3. The normalized spacial score (nSPS) is 21.9. The Hall–Kier alpha value is -4.09. The van der Waals surface area contributed by atoms with Gasteiger partial charge in [-0.3, -0.25) is 9.58 Å². The third-order valence-electron chi connectivity index (χ3n) is 8.10. The van der Waals surface area contributed by atoms with Crippen molar-refractivity contribution in [2.75, 3.05) is 27.2 Å². The molecule has 1 N–H and O–H groups in total. The number of nitrogens with one attached hydrogen (secondary N) is 1. The second-order valence-corrected chi connectivity index (χ2v) is 11.4. The van der Waals surface area contributed by atoms with Crippen molar-refractivity contribution < 1.29 is 17.9 Å². The summed E-state index contributed by atoms with van der Waals surface area (Å²) in [5, 5.41) is 15.2. The number of ether oxygens (including phenoxy) is 1. The Balaban J connectivity index is 1.09. The Morgan fingerprint density at radius 3 is 2.69 bits per heavy atom. The molecule has 0 bridgehead atoms. The highest BCUT2D eigenvalue weighted by atomic mass is 19.4. The molecule has 5 heterocycles. The number of H-pyrrole nitrogens is 1. The standard InChI is InChI=1S/C28H31F3N10O/c1-39(2)16-19-11-23(38-26(37-19)28(29,30)31)42-21-4-9-40(10-5-21)20-12-27(13-20,6-7-32)41-15-18(14-36-41)24-22-3-8-33-25(22)35-17-34-24/h3,8,11,14-15,17,20-21H,4-6,9-10,12-13,16H2,1-2H3,(H,33,34,35). The zero-order valence-electron chi connectivity index (χ0n) is 23.3. The first-order valence-electron chi connectivity index (χ1n) is 13.8. The van der Waals surface area contributed by atoms with E-state index in [-0.39, 0.29) is 30.3 Å². The minimum absolute atomic E-state index is 0.0422. The van der Waals surface area contributed by atoms with E-state index in [9.17, 15) is 18.4 Å². The van der Waals surface area contributed by atoms with Crippen LogP contribution in [0.4, 0.5) is 13.2 Å². The number of hydrogen-bond donors (Lipinski definition) is 1. The largest absolute Gasteiger partial charge is 0.474 e. The van der Waals surface area contributed by atoms with Crippen LogP contribution in [-0.2, 0) is 18.3 Å². The summed E-state index contributed by atoms with van der Waals surface area (Å²) < 4.78 is 48.0. The van der Waals surface area contributed by atoms with E-state index in [4.69, 9.17) is 4.74 Å². The lowest BCUT2D eigenvalue weighted by molar-refractivity contribution is -0.145. The molecular formula is C28H31F3N10O. The van der Waals surface area contributed by atoms with E-state index in [2.05, 4.69) is 41.0 Å². The molecular weight excluding hydrogens is 549 g/mol. The minimum Gasteiger partial charge on any atom is -0.474 e. The SMILES string of the molecule is CN(C)Cc1cc(OC2CCN(C3CC(CC#N)(n4cc(-c5ncnc6[nH]ccc56)cn4)C3)CC2)nc(C(F)(F)F)n1. The van der Waals surface area contributed by atoms with E-state index >= 15 is 0 Å². The monoisotopic (exact) mass is 580 g/mol. The van der Waals surface area contributed by atoms with Crippen LogP contribution in [0.2, 0.25) is 0 Å². The van der Waals surface area contributed by atoms with Gasteiger partial charge in [-0.25, -0.2) is 15.0 Å². The zero-order valence-corrected chi connectivity index (χ0v) is 23.3. The van der Waals surface area contributed by atoms with Crippen LogP contribution in [0, 0.1) is 11.3 Å². The molecule has 0 radical (unpaired) electrons. The van der Waals surface area contributed by atoms with Gasteiger partial charge in [0.2, 0.25) is 11.7 Å². The molecule has 1 aliphatic carbocycles. The van der Waals surface area contributed by atoms with Gasteiger partial charge in [-0.1, -0.05) is 0 Å². The van der Waals surface area contributed by atoms with Crippen molar-refractivity contribution in [1.82, 2.24) is 44.5 Å². The molecule has 0 atom stereocenters. The highest BCUT2D eigenvalue weighted by Gasteiger charge is 2.49. The van der Waals surface area contributed by atoms with Gasteiger partial charge in [0.1, 0.15) is 18.1 Å². The first-order valence-corrected chi connectivity index (χ1v) is 13.8. The molecule has 1 saturated heterocycles. The van der Waals surface area contributed by atoms with Crippen LogP contribution < -0.4 is 4.74 Å². The summed E-state index contributed by atoms with van der Waals surface area (Å²) in [7, 11) is 3.53. The van der Waals surface area contributed by atoms with Crippen molar-refractivity contribution in [2.45, 2.75) is 62.5 Å². The number of piperidine rings is 1. The number of rotatable bonds is 8. The summed E-state index contributed by atoms with van der Waals surface area (Å²) in [6.07, 6.45) is 5.45. The molecule has 0 aromatic carbocycles. The van der Waals surface area contributed by atoms with Gasteiger partial charge in [0.25, 0.3) is 0 Å². The molecule has 11 nitrogen and oxygen atoms in total. The first kappa shape index (κ1) is 28.0. The Kier molecular flexibility index (Phi) is 7.32. The number of nitrogens with zero attached hydrogens (tertiary/aromatic N) is 9. The lowest BCUT2D eigenvalue weighted by atomic mass is 9.69. The van der Waals surface area contributed by atoms with Gasteiger partial charge in [-0.05, 0) is 45.8 Å². The summed E-state index contributed by atoms with van der Waals surface area (Å²) in [6.45, 7) is 1.74. The topological polar surface area (TPSA) is 125 Å². The van der Waals surface area contributed by atoms with Gasteiger partial charge < -0.3 is 14.6 Å². The number of likely N-dealkylation sites (tertiary alicyclic amines) is 1. The Bertz CT molecular complexity index is 1590. The first-order chi connectivity index (χ1) is 20.1. The Morgan fingerprint density at radius 1 is 1.19 bits per heavy atom. The molecule has 220 valence electrons. The summed E-state index contributed by atoms with van der Waals surface area (Å²) >= 11 is 0. The molecule has 1 aliphatic heterocycles. The van der Waals surface area contributed by atoms with Crippen LogP contribution in [0.5, 0.6) is 5.88 Å². The number of aromatic nitrogens is 7. The van der Waals surface area contributed by atoms with E-state index in [1.54, 1.807) is 25.2 Å². The minimum atomic E-state index is -4.65. The third-order valence-corrected chi connectivity index (χ3v) is 8.10. The second kappa shape index (κ2) is 11.0. The van der Waals surface area contributed by atoms with Crippen LogP contribution >= 0.6 is 0 Å². The second-order valence-electron chi connectivity index (χ2n) is 11.4. The smallest absolute Gasteiger partial charge is 0.451 e. The number of alkyl halides is 3. The van der Waals surface area contributed by atoms with Crippen molar-refractivity contribution in [3.8, 4) is 23.2 Å². The van der Waals surface area contributed by atoms with Crippen molar-refractivity contribution in [1.29, 1.82) is 5.26 Å². The van der Waals surface area contributed by atoms with Crippen LogP contribution in [0.1, 0.15) is 43.6 Å². The van der Waals surface area contributed by atoms with Gasteiger partial charge in [-0.2, -0.15) is 28.5 Å². The highest BCUT2D eigenvalue weighted by molar-refractivity contribution is 5.90. The molecule has 42 heavy (non-hydrogen) atoms. The van der Waals surface area contributed by atoms with E-state index in [0.717, 1.165) is 48.2 Å². The molecule has 0 amide bonds. The molecule has 14 heteroatoms. The summed E-state index contributed by atoms with van der Waals surface area (Å²) in [6, 6.07) is 6.05. The van der Waals surface area contributed by atoms with Crippen molar-refractivity contribution in [3.05, 3.63) is 48.6 Å². The van der Waals surface area contributed by atoms with Crippen molar-refractivity contribution in [2.24, 2.45) is 0 Å². The van der Waals surface area contributed by atoms with Gasteiger partial charge in [0, 0.05) is 55.1 Å². The Morgan fingerprint density at radius 2 is 1.98 bits per heavy atom. The maximum atomic E-state index is 13.4. The van der Waals surface area contributed by atoms with E-state index in [1.165, 1.54) is 12.4 Å². The lowest BCUT2D eigenvalue weighted by Crippen LogP contribution is -2.58. The number of aromatic amines is 1. The molecule has 0 spiro atoms. The lowest BCUT2D eigenvalue weighted by Gasteiger charge is -2.52. The quantitative estimate of drug-likeness (QED) is 0.329. The van der Waals surface area contributed by atoms with E-state index in [1.807, 2.05) is 23.1 Å². The third kappa shape index (κ3) is 5.54. The van der Waals surface area contributed by atoms with Crippen LogP contribution in [0.15, 0.2) is 37.1 Å². The van der Waals surface area contributed by atoms with Crippen LogP contribution in [0.25, 0.3) is 22.3 Å². The highest BCUT2D eigenvalue weighted by Crippen LogP contribution is 2.45. The van der Waals surface area contributed by atoms with Gasteiger partial charge >= 0.3 is 6.18 Å². The molecule has 0 unspecified atom stereocenters. The number of hydrogen-bond acceptors (Lipinski definition) is 9. The fourth-order valence-corrected chi connectivity index (χ4v) is 6.04. The van der Waals surface area contributed by atoms with Crippen LogP contribution in [-0.4, -0.2) is 83.8 Å². The summed E-state index contributed by atoms with van der Waals surface area (Å²) in [5.74, 6) is -1.23. The number of fused-ring (bicyclic) bond motifs is 1. The maximum absolute atomic E-state index is 13.4. The molecule has 2 aliphatic rings. The average Bonchev–Trinajstić information content (AvgIpc) is 3.60. The Labute approximate surface area is 240 Å². The number of nitriles is 1. The van der Waals surface area contributed by atoms with E-state index in [0.29, 0.717) is 19.3 Å².